The zero-order valence-electron chi connectivity index (χ0n) is 16.1. The number of Topliss-reactive ketones (excluding diaryl/α,β-unsaturated/α-hetero) is 1. The van der Waals surface area contributed by atoms with E-state index in [1.54, 1.807) is 31.3 Å². The summed E-state index contributed by atoms with van der Waals surface area (Å²) in [7, 11) is 1.78. The normalized spacial score (nSPS) is 25.5. The van der Waals surface area contributed by atoms with Crippen LogP contribution in [-0.2, 0) is 10.3 Å². The predicted octanol–water partition coefficient (Wildman–Crippen LogP) is 4.40. The Bertz CT molecular complexity index is 1150. The van der Waals surface area contributed by atoms with Gasteiger partial charge < -0.3 is 5.32 Å². The fraction of sp³-hybridized carbons (Fsp3) is 0.217. The molecule has 1 spiro atoms. The maximum Gasteiger partial charge on any atom is 0.250 e. The Morgan fingerprint density at radius 3 is 2.57 bits per heavy atom. The Morgan fingerprint density at radius 1 is 1.13 bits per heavy atom. The number of anilines is 1. The molecule has 3 aromatic rings. The van der Waals surface area contributed by atoms with Crippen LogP contribution >= 0.6 is 11.3 Å². The van der Waals surface area contributed by atoms with Gasteiger partial charge in [-0.1, -0.05) is 18.2 Å². The number of likely N-dealkylation sites (N-methyl/N-ethyl adjacent to an activating group) is 1. The lowest BCUT2D eigenvalue weighted by Gasteiger charge is -2.35. The van der Waals surface area contributed by atoms with E-state index in [4.69, 9.17) is 0 Å². The van der Waals surface area contributed by atoms with E-state index in [-0.39, 0.29) is 23.4 Å². The third-order valence-corrected chi connectivity index (χ3v) is 7.14. The van der Waals surface area contributed by atoms with Crippen molar-refractivity contribution in [2.24, 2.45) is 5.92 Å². The van der Waals surface area contributed by atoms with Gasteiger partial charge in [-0.15, -0.1) is 11.3 Å². The summed E-state index contributed by atoms with van der Waals surface area (Å²) in [4.78, 5) is 29.5. The molecule has 1 saturated heterocycles. The van der Waals surface area contributed by atoms with Gasteiger partial charge in [0.25, 0.3) is 0 Å². The van der Waals surface area contributed by atoms with Gasteiger partial charge >= 0.3 is 0 Å². The van der Waals surface area contributed by atoms with Gasteiger partial charge in [0, 0.05) is 23.7 Å². The zero-order chi connectivity index (χ0) is 21.0. The highest BCUT2D eigenvalue weighted by Crippen LogP contribution is 2.55. The number of halogens is 2. The van der Waals surface area contributed by atoms with E-state index in [9.17, 15) is 18.4 Å². The molecule has 4 nitrogen and oxygen atoms in total. The van der Waals surface area contributed by atoms with Crippen LogP contribution in [0.3, 0.4) is 0 Å². The third kappa shape index (κ3) is 2.58. The van der Waals surface area contributed by atoms with E-state index in [1.165, 1.54) is 41.7 Å². The number of carbonyl (C=O) groups is 2. The summed E-state index contributed by atoms with van der Waals surface area (Å²) in [5.74, 6) is -2.49. The van der Waals surface area contributed by atoms with E-state index in [2.05, 4.69) is 5.32 Å². The van der Waals surface area contributed by atoms with Crippen molar-refractivity contribution >= 4 is 28.7 Å². The smallest absolute Gasteiger partial charge is 0.250 e. The summed E-state index contributed by atoms with van der Waals surface area (Å²) >= 11 is 1.31. The molecule has 1 amide bonds. The van der Waals surface area contributed by atoms with E-state index in [0.29, 0.717) is 22.7 Å². The number of nitrogens with zero attached hydrogens (tertiary/aromatic N) is 1. The molecule has 3 atom stereocenters. The second-order valence-corrected chi connectivity index (χ2v) is 8.72. The summed E-state index contributed by atoms with van der Waals surface area (Å²) in [6.45, 7) is 0.400. The Kier molecular flexibility index (Phi) is 4.34. The lowest BCUT2D eigenvalue weighted by atomic mass is 9.71. The van der Waals surface area contributed by atoms with Gasteiger partial charge in [-0.25, -0.2) is 8.78 Å². The molecule has 5 rings (SSSR count). The standard InChI is InChI=1S/C23H18F2N2O2S/c1-27-12-16(13-4-6-14(24)7-5-13)20(21(28)19-3-2-10-30-19)23(27)17-11-15(25)8-9-18(17)26-22(23)29/h2-11,16,20H,12H2,1H3,(H,26,29). The Morgan fingerprint density at radius 2 is 1.87 bits per heavy atom. The molecule has 152 valence electrons. The maximum atomic E-state index is 14.2. The van der Waals surface area contributed by atoms with Crippen molar-refractivity contribution in [3.05, 3.63) is 87.6 Å². The van der Waals surface area contributed by atoms with Crippen LogP contribution in [0.2, 0.25) is 0 Å². The molecular weight excluding hydrogens is 406 g/mol. The number of nitrogens with one attached hydrogen (secondary N) is 1. The minimum absolute atomic E-state index is 0.170. The molecule has 2 aromatic carbocycles. The van der Waals surface area contributed by atoms with Crippen molar-refractivity contribution in [3.63, 3.8) is 0 Å². The first-order valence-electron chi connectivity index (χ1n) is 9.59. The number of amides is 1. The number of carbonyl (C=O) groups excluding carboxylic acids is 2. The topological polar surface area (TPSA) is 49.4 Å². The molecule has 3 heterocycles. The van der Waals surface area contributed by atoms with Gasteiger partial charge in [0.1, 0.15) is 17.2 Å². The number of hydrogen-bond donors (Lipinski definition) is 1. The van der Waals surface area contributed by atoms with Gasteiger partial charge in [-0.2, -0.15) is 0 Å². The van der Waals surface area contributed by atoms with Crippen LogP contribution < -0.4 is 5.32 Å². The molecule has 1 fully saturated rings. The average molecular weight is 424 g/mol. The van der Waals surface area contributed by atoms with Crippen LogP contribution in [0.15, 0.2) is 60.0 Å². The highest BCUT2D eigenvalue weighted by Gasteiger charge is 2.64. The molecule has 7 heteroatoms. The summed E-state index contributed by atoms with van der Waals surface area (Å²) in [5.41, 5.74) is 0.413. The number of benzene rings is 2. The van der Waals surface area contributed by atoms with Gasteiger partial charge in [0.15, 0.2) is 5.78 Å². The lowest BCUT2D eigenvalue weighted by molar-refractivity contribution is -0.126. The fourth-order valence-electron chi connectivity index (χ4n) is 4.99. The first-order chi connectivity index (χ1) is 14.4. The zero-order valence-corrected chi connectivity index (χ0v) is 16.9. The summed E-state index contributed by atoms with van der Waals surface area (Å²) < 4.78 is 27.8. The van der Waals surface area contributed by atoms with Crippen LogP contribution in [0.25, 0.3) is 0 Å². The summed E-state index contributed by atoms with van der Waals surface area (Å²) in [5, 5.41) is 4.66. The molecule has 2 aliphatic heterocycles. The van der Waals surface area contributed by atoms with E-state index >= 15 is 0 Å². The molecule has 0 saturated carbocycles. The molecule has 1 N–H and O–H groups in total. The maximum absolute atomic E-state index is 14.2. The Balaban J connectivity index is 1.74. The highest BCUT2D eigenvalue weighted by molar-refractivity contribution is 7.12. The van der Waals surface area contributed by atoms with Crippen LogP contribution in [0.1, 0.15) is 26.7 Å². The van der Waals surface area contributed by atoms with Crippen LogP contribution in [-0.4, -0.2) is 30.2 Å². The first kappa shape index (κ1) is 19.1. The minimum Gasteiger partial charge on any atom is -0.324 e. The summed E-state index contributed by atoms with van der Waals surface area (Å²) in [6.07, 6.45) is 0. The van der Waals surface area contributed by atoms with Crippen LogP contribution in [0.4, 0.5) is 14.5 Å². The number of thiophene rings is 1. The SMILES string of the molecule is CN1CC(c2ccc(F)cc2)C(C(=O)c2cccs2)C12C(=O)Nc1ccc(F)cc12. The number of likely N-dealkylation sites (tertiary alicyclic amines) is 1. The van der Waals surface area contributed by atoms with Gasteiger partial charge in [0.2, 0.25) is 5.91 Å². The largest absolute Gasteiger partial charge is 0.324 e. The molecular formula is C23H18F2N2O2S. The van der Waals surface area contributed by atoms with E-state index < -0.39 is 17.3 Å². The molecule has 0 radical (unpaired) electrons. The molecule has 2 aliphatic rings. The molecule has 0 bridgehead atoms. The second kappa shape index (κ2) is 6.82. The highest BCUT2D eigenvalue weighted by atomic mass is 32.1. The van der Waals surface area contributed by atoms with Gasteiger partial charge in [-0.3, -0.25) is 14.5 Å². The van der Waals surface area contributed by atoms with Crippen molar-refractivity contribution in [2.75, 3.05) is 18.9 Å². The third-order valence-electron chi connectivity index (χ3n) is 6.26. The van der Waals surface area contributed by atoms with Crippen LogP contribution in [0.5, 0.6) is 0 Å². The Hall–Kier alpha value is -2.90. The minimum atomic E-state index is -1.34. The first-order valence-corrected chi connectivity index (χ1v) is 10.5. The number of fused-ring (bicyclic) bond motifs is 2. The predicted molar refractivity (Wildman–Crippen MR) is 111 cm³/mol. The van der Waals surface area contributed by atoms with Crippen LogP contribution in [0, 0.1) is 17.6 Å². The average Bonchev–Trinajstić information content (AvgIpc) is 3.42. The van der Waals surface area contributed by atoms with Crippen molar-refractivity contribution in [2.45, 2.75) is 11.5 Å². The van der Waals surface area contributed by atoms with Crippen molar-refractivity contribution in [3.8, 4) is 0 Å². The van der Waals surface area contributed by atoms with Gasteiger partial charge in [-0.05, 0) is 54.4 Å². The number of ketones is 1. The number of hydrogen-bond acceptors (Lipinski definition) is 4. The quantitative estimate of drug-likeness (QED) is 0.634. The molecule has 0 aliphatic carbocycles. The van der Waals surface area contributed by atoms with Crippen molar-refractivity contribution in [1.29, 1.82) is 0 Å². The van der Waals surface area contributed by atoms with Crippen molar-refractivity contribution in [1.82, 2.24) is 4.90 Å². The molecule has 3 unspecified atom stereocenters. The summed E-state index contributed by atoms with van der Waals surface area (Å²) in [6, 6.07) is 13.7. The van der Waals surface area contributed by atoms with Crippen molar-refractivity contribution < 1.29 is 18.4 Å². The second-order valence-electron chi connectivity index (χ2n) is 7.77. The lowest BCUT2D eigenvalue weighted by Crippen LogP contribution is -2.51. The van der Waals surface area contributed by atoms with Gasteiger partial charge in [0.05, 0.1) is 10.8 Å². The molecule has 1 aromatic heterocycles. The molecule has 30 heavy (non-hydrogen) atoms. The monoisotopic (exact) mass is 424 g/mol. The fourth-order valence-corrected chi connectivity index (χ4v) is 5.70. The van der Waals surface area contributed by atoms with E-state index in [1.807, 2.05) is 10.3 Å². The number of rotatable bonds is 3. The van der Waals surface area contributed by atoms with E-state index in [0.717, 1.165) is 5.56 Å². The Labute approximate surface area is 176 Å².